The van der Waals surface area contributed by atoms with Gasteiger partial charge in [0.25, 0.3) is 0 Å². The normalized spacial score (nSPS) is 15.1. The number of hydrogen-bond donors (Lipinski definition) is 0. The lowest BCUT2D eigenvalue weighted by Crippen LogP contribution is -2.49. The summed E-state index contributed by atoms with van der Waals surface area (Å²) >= 11 is 6.30. The van der Waals surface area contributed by atoms with E-state index < -0.39 is 0 Å². The van der Waals surface area contributed by atoms with Crippen molar-refractivity contribution in [3.63, 3.8) is 0 Å². The van der Waals surface area contributed by atoms with Gasteiger partial charge in [-0.1, -0.05) is 31.5 Å². The topological polar surface area (TPSA) is 36.4 Å². The van der Waals surface area contributed by atoms with E-state index in [0.717, 1.165) is 53.8 Å². The number of nitrogens with zero attached hydrogens (tertiary/aromatic N) is 3. The zero-order chi connectivity index (χ0) is 22.1. The standard InChI is InChI=1S/C25H27ClFN3O/c1-16(2)25(31)30-10-8-29(9-11-30)15-19-14-23(27)20(12-17(19)3)18-4-5-24-21(13-18)22(26)6-7-28-24/h4-7,12-14,16H,8-11,15H2,1-3H3. The van der Waals surface area contributed by atoms with Crippen LogP contribution in [0, 0.1) is 18.7 Å². The van der Waals surface area contributed by atoms with Crippen molar-refractivity contribution < 1.29 is 9.18 Å². The Balaban J connectivity index is 1.52. The van der Waals surface area contributed by atoms with Crippen molar-refractivity contribution in [1.82, 2.24) is 14.8 Å². The lowest BCUT2D eigenvalue weighted by molar-refractivity contribution is -0.136. The Hall–Kier alpha value is -2.50. The number of amides is 1. The largest absolute Gasteiger partial charge is 0.340 e. The third kappa shape index (κ3) is 4.58. The molecule has 1 amide bonds. The number of halogens is 2. The van der Waals surface area contributed by atoms with Gasteiger partial charge in [-0.15, -0.1) is 0 Å². The highest BCUT2D eigenvalue weighted by Gasteiger charge is 2.23. The van der Waals surface area contributed by atoms with Gasteiger partial charge in [0.2, 0.25) is 5.91 Å². The fourth-order valence-corrected chi connectivity index (χ4v) is 4.33. The number of carbonyl (C=O) groups excluding carboxylic acids is 1. The SMILES string of the molecule is Cc1cc(-c2ccc3nccc(Cl)c3c2)c(F)cc1CN1CCN(C(=O)C(C)C)CC1. The smallest absolute Gasteiger partial charge is 0.225 e. The van der Waals surface area contributed by atoms with Crippen LogP contribution in [0.4, 0.5) is 4.39 Å². The van der Waals surface area contributed by atoms with Crippen LogP contribution in [0.25, 0.3) is 22.0 Å². The van der Waals surface area contributed by atoms with E-state index in [4.69, 9.17) is 11.6 Å². The van der Waals surface area contributed by atoms with Crippen molar-refractivity contribution in [3.8, 4) is 11.1 Å². The summed E-state index contributed by atoms with van der Waals surface area (Å²) in [4.78, 5) is 20.7. The van der Waals surface area contributed by atoms with E-state index in [-0.39, 0.29) is 17.6 Å². The van der Waals surface area contributed by atoms with Gasteiger partial charge >= 0.3 is 0 Å². The summed E-state index contributed by atoms with van der Waals surface area (Å²) in [6, 6.07) is 10.9. The van der Waals surface area contributed by atoms with Crippen LogP contribution in [0.15, 0.2) is 42.6 Å². The predicted octanol–water partition coefficient (Wildman–Crippen LogP) is 5.30. The van der Waals surface area contributed by atoms with Crippen LogP contribution in [-0.2, 0) is 11.3 Å². The van der Waals surface area contributed by atoms with Crippen LogP contribution < -0.4 is 0 Å². The zero-order valence-electron chi connectivity index (χ0n) is 18.2. The van der Waals surface area contributed by atoms with E-state index in [9.17, 15) is 4.79 Å². The molecule has 4 nitrogen and oxygen atoms in total. The number of aryl methyl sites for hydroxylation is 1. The van der Waals surface area contributed by atoms with Gasteiger partial charge in [-0.2, -0.15) is 0 Å². The Bertz CT molecular complexity index is 1120. The molecule has 1 aliphatic rings. The van der Waals surface area contributed by atoms with Crippen molar-refractivity contribution >= 4 is 28.4 Å². The molecular formula is C25H27ClFN3O. The highest BCUT2D eigenvalue weighted by atomic mass is 35.5. The van der Waals surface area contributed by atoms with Crippen LogP contribution in [0.2, 0.25) is 5.02 Å². The number of pyridine rings is 1. The molecular weight excluding hydrogens is 413 g/mol. The second-order valence-corrected chi connectivity index (χ2v) is 8.95. The molecule has 0 radical (unpaired) electrons. The molecule has 1 aromatic heterocycles. The summed E-state index contributed by atoms with van der Waals surface area (Å²) in [6.07, 6.45) is 1.67. The number of piperazine rings is 1. The van der Waals surface area contributed by atoms with Gasteiger partial charge in [-0.05, 0) is 53.9 Å². The molecule has 0 atom stereocenters. The molecule has 0 spiro atoms. The van der Waals surface area contributed by atoms with Gasteiger partial charge < -0.3 is 4.90 Å². The fourth-order valence-electron chi connectivity index (χ4n) is 4.13. The predicted molar refractivity (Wildman–Crippen MR) is 124 cm³/mol. The average Bonchev–Trinajstić information content (AvgIpc) is 2.76. The minimum Gasteiger partial charge on any atom is -0.340 e. The third-order valence-electron chi connectivity index (χ3n) is 6.00. The maximum Gasteiger partial charge on any atom is 0.225 e. The molecule has 6 heteroatoms. The van der Waals surface area contributed by atoms with Crippen LogP contribution >= 0.6 is 11.6 Å². The van der Waals surface area contributed by atoms with Crippen molar-refractivity contribution in [2.24, 2.45) is 5.92 Å². The van der Waals surface area contributed by atoms with E-state index in [1.807, 2.05) is 49.9 Å². The van der Waals surface area contributed by atoms with Gasteiger partial charge in [-0.3, -0.25) is 14.7 Å². The molecule has 2 aromatic carbocycles. The maximum atomic E-state index is 15.1. The summed E-state index contributed by atoms with van der Waals surface area (Å²) in [5.41, 5.74) is 4.17. The van der Waals surface area contributed by atoms with E-state index in [1.54, 1.807) is 18.3 Å². The number of hydrogen-bond acceptors (Lipinski definition) is 3. The van der Waals surface area contributed by atoms with Gasteiger partial charge in [0.15, 0.2) is 0 Å². The molecule has 4 rings (SSSR count). The lowest BCUT2D eigenvalue weighted by Gasteiger charge is -2.35. The second-order valence-electron chi connectivity index (χ2n) is 8.54. The highest BCUT2D eigenvalue weighted by molar-refractivity contribution is 6.35. The van der Waals surface area contributed by atoms with E-state index in [2.05, 4.69) is 9.88 Å². The van der Waals surface area contributed by atoms with Gasteiger partial charge in [0.1, 0.15) is 5.82 Å². The molecule has 2 heterocycles. The quantitative estimate of drug-likeness (QED) is 0.553. The van der Waals surface area contributed by atoms with Gasteiger partial charge in [0.05, 0.1) is 10.5 Å². The number of rotatable bonds is 4. The Morgan fingerprint density at radius 1 is 1.13 bits per heavy atom. The summed E-state index contributed by atoms with van der Waals surface area (Å²) in [6.45, 7) is 9.62. The molecule has 1 fully saturated rings. The molecule has 0 bridgehead atoms. The summed E-state index contributed by atoms with van der Waals surface area (Å²) in [7, 11) is 0. The first-order valence-electron chi connectivity index (χ1n) is 10.7. The molecule has 3 aromatic rings. The van der Waals surface area contributed by atoms with Gasteiger partial charge in [0, 0.05) is 55.8 Å². The van der Waals surface area contributed by atoms with Gasteiger partial charge in [-0.25, -0.2) is 4.39 Å². The molecule has 162 valence electrons. The van der Waals surface area contributed by atoms with E-state index >= 15 is 4.39 Å². The lowest BCUT2D eigenvalue weighted by atomic mass is 9.97. The fraction of sp³-hybridized carbons (Fsp3) is 0.360. The average molecular weight is 440 g/mol. The summed E-state index contributed by atoms with van der Waals surface area (Å²) in [5.74, 6) is -0.0123. The Morgan fingerprint density at radius 3 is 2.58 bits per heavy atom. The van der Waals surface area contributed by atoms with Crippen LogP contribution in [-0.4, -0.2) is 46.9 Å². The molecule has 1 aliphatic heterocycles. The van der Waals surface area contributed by atoms with Crippen molar-refractivity contribution in [3.05, 3.63) is 64.6 Å². The van der Waals surface area contributed by atoms with E-state index in [1.165, 1.54) is 0 Å². The molecule has 0 saturated carbocycles. The highest BCUT2D eigenvalue weighted by Crippen LogP contribution is 2.31. The third-order valence-corrected chi connectivity index (χ3v) is 6.33. The Morgan fingerprint density at radius 2 is 1.87 bits per heavy atom. The molecule has 1 saturated heterocycles. The first-order valence-corrected chi connectivity index (χ1v) is 11.1. The van der Waals surface area contributed by atoms with Crippen LogP contribution in [0.5, 0.6) is 0 Å². The van der Waals surface area contributed by atoms with Crippen LogP contribution in [0.1, 0.15) is 25.0 Å². The van der Waals surface area contributed by atoms with Crippen LogP contribution in [0.3, 0.4) is 0 Å². The van der Waals surface area contributed by atoms with Crippen molar-refractivity contribution in [2.75, 3.05) is 26.2 Å². The summed E-state index contributed by atoms with van der Waals surface area (Å²) < 4.78 is 15.1. The maximum absolute atomic E-state index is 15.1. The molecule has 31 heavy (non-hydrogen) atoms. The second kappa shape index (κ2) is 8.93. The van der Waals surface area contributed by atoms with Crippen molar-refractivity contribution in [1.29, 1.82) is 0 Å². The Labute approximate surface area is 187 Å². The molecule has 0 aliphatic carbocycles. The first-order chi connectivity index (χ1) is 14.8. The molecule has 0 unspecified atom stereocenters. The van der Waals surface area contributed by atoms with E-state index in [0.29, 0.717) is 17.1 Å². The minimum atomic E-state index is -0.242. The number of fused-ring (bicyclic) bond motifs is 1. The minimum absolute atomic E-state index is 0.0243. The monoisotopic (exact) mass is 439 g/mol. The Kier molecular flexibility index (Phi) is 6.26. The zero-order valence-corrected chi connectivity index (χ0v) is 18.9. The first kappa shape index (κ1) is 21.7. The number of carbonyl (C=O) groups is 1. The number of aromatic nitrogens is 1. The summed E-state index contributed by atoms with van der Waals surface area (Å²) in [5, 5.41) is 1.42. The molecule has 0 N–H and O–H groups in total. The van der Waals surface area contributed by atoms with Crippen molar-refractivity contribution in [2.45, 2.75) is 27.3 Å². The number of benzene rings is 2.